The summed E-state index contributed by atoms with van der Waals surface area (Å²) in [5, 5.41) is 1.17. The molecule has 0 spiro atoms. The summed E-state index contributed by atoms with van der Waals surface area (Å²) in [6.07, 6.45) is 0. The topological polar surface area (TPSA) is 24.9 Å². The molecule has 1 aromatic heterocycles. The Balaban J connectivity index is 2.61. The molecule has 1 heterocycles. The first-order chi connectivity index (χ1) is 7.22. The number of hydrogen-bond donors (Lipinski definition) is 1. The van der Waals surface area contributed by atoms with Crippen molar-refractivity contribution in [2.24, 2.45) is 0 Å². The fourth-order valence-corrected chi connectivity index (χ4v) is 1.83. The molecular weight excluding hydrogens is 208 g/mol. The van der Waals surface area contributed by atoms with Crippen LogP contribution in [0.5, 0.6) is 0 Å². The Morgan fingerprint density at radius 3 is 2.80 bits per heavy atom. The van der Waals surface area contributed by atoms with Crippen LogP contribution in [0.3, 0.4) is 0 Å². The van der Waals surface area contributed by atoms with Crippen LogP contribution in [0.1, 0.15) is 24.2 Å². The summed E-state index contributed by atoms with van der Waals surface area (Å²) in [6.45, 7) is 4.05. The number of rotatable bonds is 2. The van der Waals surface area contributed by atoms with Crippen molar-refractivity contribution < 1.29 is 0 Å². The van der Waals surface area contributed by atoms with Crippen LogP contribution in [-0.4, -0.2) is 4.98 Å². The Labute approximate surface area is 94.4 Å². The fraction of sp³-hybridized carbons (Fsp3) is 0.250. The van der Waals surface area contributed by atoms with E-state index < -0.39 is 0 Å². The van der Waals surface area contributed by atoms with Gasteiger partial charge in [0.2, 0.25) is 0 Å². The van der Waals surface area contributed by atoms with Crippen LogP contribution in [-0.2, 0) is 0 Å². The maximum Gasteiger partial charge on any atom is 0.0706 e. The molecule has 1 atom stereocenters. The van der Waals surface area contributed by atoms with Crippen molar-refractivity contribution in [3.8, 4) is 0 Å². The highest BCUT2D eigenvalue weighted by atomic mass is 35.5. The first kappa shape index (κ1) is 10.4. The van der Waals surface area contributed by atoms with Gasteiger partial charge in [-0.25, -0.2) is 4.84 Å². The molecule has 0 aliphatic rings. The molecule has 78 valence electrons. The number of benzene rings is 1. The Bertz CT molecular complexity index is 482. The maximum absolute atomic E-state index is 5.62. The van der Waals surface area contributed by atoms with Gasteiger partial charge in [-0.3, -0.25) is 4.98 Å². The molecular formula is C12H13ClN2. The number of halogens is 1. The van der Waals surface area contributed by atoms with Crippen molar-refractivity contribution in [2.75, 3.05) is 0 Å². The maximum atomic E-state index is 5.62. The molecule has 0 aliphatic carbocycles. The lowest BCUT2D eigenvalue weighted by atomic mass is 10.1. The number of para-hydroxylation sites is 1. The van der Waals surface area contributed by atoms with Crippen LogP contribution in [0.2, 0.25) is 0 Å². The van der Waals surface area contributed by atoms with E-state index in [0.717, 1.165) is 16.8 Å². The minimum Gasteiger partial charge on any atom is -0.251 e. The predicted molar refractivity (Wildman–Crippen MR) is 63.9 cm³/mol. The lowest BCUT2D eigenvalue weighted by Crippen LogP contribution is -2.10. The second-order valence-electron chi connectivity index (χ2n) is 3.71. The highest BCUT2D eigenvalue weighted by Crippen LogP contribution is 2.20. The van der Waals surface area contributed by atoms with E-state index in [2.05, 4.69) is 28.9 Å². The number of pyridine rings is 1. The molecule has 0 saturated carbocycles. The third kappa shape index (κ3) is 1.96. The first-order valence-electron chi connectivity index (χ1n) is 4.95. The quantitative estimate of drug-likeness (QED) is 0.786. The van der Waals surface area contributed by atoms with Gasteiger partial charge in [-0.1, -0.05) is 18.2 Å². The van der Waals surface area contributed by atoms with Gasteiger partial charge >= 0.3 is 0 Å². The molecule has 1 N–H and O–H groups in total. The highest BCUT2D eigenvalue weighted by Gasteiger charge is 2.09. The molecule has 0 radical (unpaired) electrons. The van der Waals surface area contributed by atoms with Gasteiger partial charge in [0.15, 0.2) is 0 Å². The van der Waals surface area contributed by atoms with Crippen molar-refractivity contribution >= 4 is 22.7 Å². The van der Waals surface area contributed by atoms with Crippen LogP contribution in [0.25, 0.3) is 10.9 Å². The zero-order valence-electron chi connectivity index (χ0n) is 8.79. The van der Waals surface area contributed by atoms with Gasteiger partial charge in [-0.15, -0.1) is 0 Å². The van der Waals surface area contributed by atoms with Gasteiger partial charge in [0.25, 0.3) is 0 Å². The van der Waals surface area contributed by atoms with Crippen molar-refractivity contribution in [2.45, 2.75) is 19.9 Å². The number of nitrogens with one attached hydrogen (secondary N) is 1. The average Bonchev–Trinajstić information content (AvgIpc) is 2.27. The van der Waals surface area contributed by atoms with Crippen molar-refractivity contribution in [1.82, 2.24) is 9.82 Å². The third-order valence-electron chi connectivity index (χ3n) is 2.53. The molecule has 3 heteroatoms. The van der Waals surface area contributed by atoms with E-state index in [4.69, 9.17) is 11.8 Å². The lowest BCUT2D eigenvalue weighted by molar-refractivity contribution is 0.714. The zero-order chi connectivity index (χ0) is 10.8. The number of fused-ring (bicyclic) bond motifs is 1. The van der Waals surface area contributed by atoms with Gasteiger partial charge in [0.05, 0.1) is 17.3 Å². The summed E-state index contributed by atoms with van der Waals surface area (Å²) in [7, 11) is 0. The minimum absolute atomic E-state index is 0.0660. The number of aryl methyl sites for hydroxylation is 1. The SMILES string of the molecule is Cc1cc2ccccc2nc1C(C)NCl. The number of nitrogens with zero attached hydrogens (tertiary/aromatic N) is 1. The molecule has 15 heavy (non-hydrogen) atoms. The summed E-state index contributed by atoms with van der Waals surface area (Å²) in [4.78, 5) is 7.30. The number of hydrogen-bond acceptors (Lipinski definition) is 2. The van der Waals surface area contributed by atoms with Gasteiger partial charge in [-0.2, -0.15) is 0 Å². The largest absolute Gasteiger partial charge is 0.251 e. The first-order valence-corrected chi connectivity index (χ1v) is 5.32. The van der Waals surface area contributed by atoms with E-state index in [0.29, 0.717) is 0 Å². The zero-order valence-corrected chi connectivity index (χ0v) is 9.55. The van der Waals surface area contributed by atoms with Crippen LogP contribution >= 0.6 is 11.8 Å². The molecule has 0 aliphatic heterocycles. The summed E-state index contributed by atoms with van der Waals surface area (Å²) in [5.74, 6) is 0. The molecule has 2 nitrogen and oxygen atoms in total. The molecule has 0 bridgehead atoms. The standard InChI is InChI=1S/C12H13ClN2/c1-8-7-10-5-3-4-6-11(10)14-12(8)9(2)15-13/h3-7,9,15H,1-2H3. The third-order valence-corrected chi connectivity index (χ3v) is 2.85. The summed E-state index contributed by atoms with van der Waals surface area (Å²) in [5.41, 5.74) is 3.18. The molecule has 0 saturated heterocycles. The minimum atomic E-state index is 0.0660. The Hall–Kier alpha value is -1.12. The van der Waals surface area contributed by atoms with Gasteiger partial charge in [-0.05, 0) is 43.3 Å². The monoisotopic (exact) mass is 220 g/mol. The molecule has 0 fully saturated rings. The van der Waals surface area contributed by atoms with Gasteiger partial charge in [0.1, 0.15) is 0 Å². The predicted octanol–water partition coefficient (Wildman–Crippen LogP) is 3.35. The smallest absolute Gasteiger partial charge is 0.0706 e. The summed E-state index contributed by atoms with van der Waals surface area (Å²) >= 11 is 5.62. The molecule has 1 aromatic carbocycles. The van der Waals surface area contributed by atoms with E-state index in [9.17, 15) is 0 Å². The van der Waals surface area contributed by atoms with Gasteiger partial charge < -0.3 is 0 Å². The summed E-state index contributed by atoms with van der Waals surface area (Å²) < 4.78 is 0. The number of aromatic nitrogens is 1. The Morgan fingerprint density at radius 2 is 2.07 bits per heavy atom. The average molecular weight is 221 g/mol. The Morgan fingerprint density at radius 1 is 1.33 bits per heavy atom. The molecule has 1 unspecified atom stereocenters. The van der Waals surface area contributed by atoms with E-state index in [1.54, 1.807) is 0 Å². The van der Waals surface area contributed by atoms with Crippen LogP contribution < -0.4 is 4.84 Å². The van der Waals surface area contributed by atoms with E-state index >= 15 is 0 Å². The molecule has 0 amide bonds. The van der Waals surface area contributed by atoms with Crippen LogP contribution in [0.4, 0.5) is 0 Å². The summed E-state index contributed by atoms with van der Waals surface area (Å²) in [6, 6.07) is 10.3. The van der Waals surface area contributed by atoms with Crippen molar-refractivity contribution in [3.63, 3.8) is 0 Å². The normalized spacial score (nSPS) is 13.0. The van der Waals surface area contributed by atoms with E-state index in [1.165, 1.54) is 5.39 Å². The van der Waals surface area contributed by atoms with Gasteiger partial charge in [0, 0.05) is 5.39 Å². The van der Waals surface area contributed by atoms with Crippen LogP contribution in [0.15, 0.2) is 30.3 Å². The van der Waals surface area contributed by atoms with Crippen molar-refractivity contribution in [1.29, 1.82) is 0 Å². The van der Waals surface area contributed by atoms with Crippen molar-refractivity contribution in [3.05, 3.63) is 41.6 Å². The van der Waals surface area contributed by atoms with Crippen LogP contribution in [0, 0.1) is 6.92 Å². The van der Waals surface area contributed by atoms with E-state index in [-0.39, 0.29) is 6.04 Å². The second kappa shape index (κ2) is 4.17. The Kier molecular flexibility index (Phi) is 2.89. The fourth-order valence-electron chi connectivity index (χ4n) is 1.73. The highest BCUT2D eigenvalue weighted by molar-refractivity contribution is 6.13. The molecule has 2 aromatic rings. The van der Waals surface area contributed by atoms with E-state index in [1.807, 2.05) is 25.1 Å². The second-order valence-corrected chi connectivity index (χ2v) is 3.93. The lowest BCUT2D eigenvalue weighted by Gasteiger charge is -2.12. The molecule has 2 rings (SSSR count).